The lowest BCUT2D eigenvalue weighted by molar-refractivity contribution is 0.342. The molecule has 2 rings (SSSR count). The van der Waals surface area contributed by atoms with Crippen molar-refractivity contribution in [3.05, 3.63) is 29.3 Å². The quantitative estimate of drug-likeness (QED) is 0.843. The molecule has 2 nitrogen and oxygen atoms in total. The van der Waals surface area contributed by atoms with E-state index < -0.39 is 0 Å². The molecule has 1 saturated heterocycles. The summed E-state index contributed by atoms with van der Waals surface area (Å²) in [6.45, 7) is 12.4. The third kappa shape index (κ3) is 2.19. The zero-order chi connectivity index (χ0) is 12.5. The van der Waals surface area contributed by atoms with Crippen molar-refractivity contribution in [3.8, 4) is 0 Å². The summed E-state index contributed by atoms with van der Waals surface area (Å²) in [5.74, 6) is 0. The van der Waals surface area contributed by atoms with E-state index in [1.165, 1.54) is 23.2 Å². The fraction of sp³-hybridized carbons (Fsp3) is 0.600. The number of rotatable bonds is 2. The molecule has 0 radical (unpaired) electrons. The van der Waals surface area contributed by atoms with Crippen LogP contribution in [-0.4, -0.2) is 25.2 Å². The maximum absolute atomic E-state index is 3.52. The van der Waals surface area contributed by atoms with Crippen LogP contribution in [-0.2, 0) is 0 Å². The van der Waals surface area contributed by atoms with Gasteiger partial charge in [0.2, 0.25) is 0 Å². The molecule has 0 bridgehead atoms. The highest BCUT2D eigenvalue weighted by atomic mass is 15.3. The van der Waals surface area contributed by atoms with Gasteiger partial charge in [-0.3, -0.25) is 0 Å². The van der Waals surface area contributed by atoms with E-state index in [9.17, 15) is 0 Å². The van der Waals surface area contributed by atoms with E-state index in [1.54, 1.807) is 0 Å². The SMILES string of the molecule is CCC1(C)CNCCN1c1cccc(C)c1C. The third-order valence-electron chi connectivity index (χ3n) is 4.30. The third-order valence-corrected chi connectivity index (χ3v) is 4.30. The summed E-state index contributed by atoms with van der Waals surface area (Å²) in [5.41, 5.74) is 4.47. The highest BCUT2D eigenvalue weighted by molar-refractivity contribution is 5.58. The van der Waals surface area contributed by atoms with E-state index in [-0.39, 0.29) is 5.54 Å². The molecule has 2 heteroatoms. The molecule has 0 saturated carbocycles. The van der Waals surface area contributed by atoms with Gasteiger partial charge in [-0.2, -0.15) is 0 Å². The lowest BCUT2D eigenvalue weighted by Crippen LogP contribution is -2.59. The Morgan fingerprint density at radius 1 is 1.35 bits per heavy atom. The van der Waals surface area contributed by atoms with Gasteiger partial charge in [0.05, 0.1) is 0 Å². The van der Waals surface area contributed by atoms with Crippen LogP contribution in [0.4, 0.5) is 5.69 Å². The highest BCUT2D eigenvalue weighted by Crippen LogP contribution is 2.31. The summed E-state index contributed by atoms with van der Waals surface area (Å²) in [6, 6.07) is 6.64. The first-order valence-corrected chi connectivity index (χ1v) is 6.63. The average Bonchev–Trinajstić information content (AvgIpc) is 2.34. The molecular formula is C15H24N2. The van der Waals surface area contributed by atoms with E-state index in [1.807, 2.05) is 0 Å². The van der Waals surface area contributed by atoms with E-state index in [4.69, 9.17) is 0 Å². The smallest absolute Gasteiger partial charge is 0.0496 e. The standard InChI is InChI=1S/C15H24N2/c1-5-15(4)11-16-9-10-17(15)14-8-6-7-12(2)13(14)3/h6-8,16H,5,9-11H2,1-4H3. The summed E-state index contributed by atoms with van der Waals surface area (Å²) in [5, 5.41) is 3.52. The van der Waals surface area contributed by atoms with Gasteiger partial charge in [0.15, 0.2) is 0 Å². The Kier molecular flexibility index (Phi) is 3.43. The summed E-state index contributed by atoms with van der Waals surface area (Å²) in [7, 11) is 0. The summed E-state index contributed by atoms with van der Waals surface area (Å²) >= 11 is 0. The number of piperazine rings is 1. The molecule has 1 fully saturated rings. The fourth-order valence-corrected chi connectivity index (χ4v) is 2.67. The highest BCUT2D eigenvalue weighted by Gasteiger charge is 2.33. The minimum Gasteiger partial charge on any atom is -0.363 e. The molecule has 0 aromatic heterocycles. The van der Waals surface area contributed by atoms with Crippen LogP contribution in [0, 0.1) is 13.8 Å². The Hall–Kier alpha value is -1.02. The molecular weight excluding hydrogens is 208 g/mol. The molecule has 0 amide bonds. The Morgan fingerprint density at radius 3 is 2.82 bits per heavy atom. The molecule has 0 aliphatic carbocycles. The van der Waals surface area contributed by atoms with Crippen LogP contribution < -0.4 is 10.2 Å². The van der Waals surface area contributed by atoms with Crippen molar-refractivity contribution in [2.45, 2.75) is 39.7 Å². The first-order valence-electron chi connectivity index (χ1n) is 6.63. The number of anilines is 1. The molecule has 1 atom stereocenters. The second-order valence-corrected chi connectivity index (χ2v) is 5.40. The van der Waals surface area contributed by atoms with Crippen molar-refractivity contribution < 1.29 is 0 Å². The molecule has 1 aliphatic heterocycles. The van der Waals surface area contributed by atoms with Gasteiger partial charge in [-0.15, -0.1) is 0 Å². The maximum Gasteiger partial charge on any atom is 0.0496 e. The number of benzene rings is 1. The largest absolute Gasteiger partial charge is 0.363 e. The second kappa shape index (κ2) is 4.69. The van der Waals surface area contributed by atoms with Gasteiger partial charge in [-0.25, -0.2) is 0 Å². The van der Waals surface area contributed by atoms with Gasteiger partial charge < -0.3 is 10.2 Å². The minimum atomic E-state index is 0.247. The normalized spacial score (nSPS) is 25.1. The lowest BCUT2D eigenvalue weighted by atomic mass is 9.92. The van der Waals surface area contributed by atoms with Crippen LogP contribution in [0.15, 0.2) is 18.2 Å². The summed E-state index contributed by atoms with van der Waals surface area (Å²) in [6.07, 6.45) is 1.17. The first kappa shape index (κ1) is 12.4. The van der Waals surface area contributed by atoms with E-state index >= 15 is 0 Å². The number of nitrogens with zero attached hydrogens (tertiary/aromatic N) is 1. The number of nitrogens with one attached hydrogen (secondary N) is 1. The zero-order valence-corrected chi connectivity index (χ0v) is 11.5. The fourth-order valence-electron chi connectivity index (χ4n) is 2.67. The van der Waals surface area contributed by atoms with E-state index in [2.05, 4.69) is 56.1 Å². The first-order chi connectivity index (χ1) is 8.08. The van der Waals surface area contributed by atoms with Gasteiger partial charge >= 0.3 is 0 Å². The van der Waals surface area contributed by atoms with Gasteiger partial charge in [-0.1, -0.05) is 19.1 Å². The Bertz CT molecular complexity index is 400. The minimum absolute atomic E-state index is 0.247. The predicted molar refractivity (Wildman–Crippen MR) is 74.8 cm³/mol. The van der Waals surface area contributed by atoms with Gasteiger partial charge in [0, 0.05) is 30.9 Å². The van der Waals surface area contributed by atoms with Crippen LogP contribution >= 0.6 is 0 Å². The average molecular weight is 232 g/mol. The zero-order valence-electron chi connectivity index (χ0n) is 11.5. The lowest BCUT2D eigenvalue weighted by Gasteiger charge is -2.47. The number of hydrogen-bond donors (Lipinski definition) is 1. The van der Waals surface area contributed by atoms with Crippen molar-refractivity contribution in [2.75, 3.05) is 24.5 Å². The van der Waals surface area contributed by atoms with Crippen molar-refractivity contribution >= 4 is 5.69 Å². The van der Waals surface area contributed by atoms with Gasteiger partial charge in [-0.05, 0) is 44.4 Å². The van der Waals surface area contributed by atoms with E-state index in [0.29, 0.717) is 0 Å². The molecule has 1 heterocycles. The van der Waals surface area contributed by atoms with Crippen LogP contribution in [0.3, 0.4) is 0 Å². The van der Waals surface area contributed by atoms with Crippen molar-refractivity contribution in [1.82, 2.24) is 5.32 Å². The monoisotopic (exact) mass is 232 g/mol. The van der Waals surface area contributed by atoms with Crippen LogP contribution in [0.1, 0.15) is 31.4 Å². The summed E-state index contributed by atoms with van der Waals surface area (Å²) < 4.78 is 0. The molecule has 1 aromatic carbocycles. The number of aryl methyl sites for hydroxylation is 1. The topological polar surface area (TPSA) is 15.3 Å². The molecule has 1 aliphatic rings. The molecule has 94 valence electrons. The molecule has 17 heavy (non-hydrogen) atoms. The van der Waals surface area contributed by atoms with Crippen molar-refractivity contribution in [2.24, 2.45) is 0 Å². The van der Waals surface area contributed by atoms with Crippen LogP contribution in [0.5, 0.6) is 0 Å². The molecule has 0 spiro atoms. The maximum atomic E-state index is 3.52. The second-order valence-electron chi connectivity index (χ2n) is 5.40. The molecule has 1 unspecified atom stereocenters. The van der Waals surface area contributed by atoms with Gasteiger partial charge in [0.1, 0.15) is 0 Å². The Balaban J connectivity index is 2.40. The van der Waals surface area contributed by atoms with Gasteiger partial charge in [0.25, 0.3) is 0 Å². The Morgan fingerprint density at radius 2 is 2.12 bits per heavy atom. The Labute approximate surface area is 105 Å². The molecule has 1 aromatic rings. The molecule has 1 N–H and O–H groups in total. The van der Waals surface area contributed by atoms with Crippen molar-refractivity contribution in [1.29, 1.82) is 0 Å². The van der Waals surface area contributed by atoms with Crippen LogP contribution in [0.2, 0.25) is 0 Å². The number of hydrogen-bond acceptors (Lipinski definition) is 2. The predicted octanol–water partition coefficient (Wildman–Crippen LogP) is 2.88. The summed E-state index contributed by atoms with van der Waals surface area (Å²) in [4.78, 5) is 2.59. The van der Waals surface area contributed by atoms with Crippen LogP contribution in [0.25, 0.3) is 0 Å². The van der Waals surface area contributed by atoms with E-state index in [0.717, 1.165) is 19.6 Å². The van der Waals surface area contributed by atoms with Crippen molar-refractivity contribution in [3.63, 3.8) is 0 Å².